The van der Waals surface area contributed by atoms with E-state index in [1.165, 1.54) is 70.6 Å². The highest BCUT2D eigenvalue weighted by Crippen LogP contribution is 2.47. The van der Waals surface area contributed by atoms with Crippen LogP contribution in [0.3, 0.4) is 0 Å². The van der Waals surface area contributed by atoms with E-state index >= 15 is 0 Å². The van der Waals surface area contributed by atoms with Gasteiger partial charge in [0, 0.05) is 0 Å². The second-order valence-electron chi connectivity index (χ2n) is 7.64. The van der Waals surface area contributed by atoms with E-state index in [4.69, 9.17) is 0 Å². The summed E-state index contributed by atoms with van der Waals surface area (Å²) in [4.78, 5) is 0. The molecule has 0 aromatic carbocycles. The lowest BCUT2D eigenvalue weighted by Crippen LogP contribution is -2.35. The van der Waals surface area contributed by atoms with E-state index in [2.05, 4.69) is 27.7 Å². The maximum atomic E-state index is 2.39. The zero-order valence-electron chi connectivity index (χ0n) is 15.5. The van der Waals surface area contributed by atoms with Crippen LogP contribution in [0.15, 0.2) is 0 Å². The van der Waals surface area contributed by atoms with Gasteiger partial charge in [0.15, 0.2) is 0 Å². The summed E-state index contributed by atoms with van der Waals surface area (Å²) in [6.45, 7) is 9.49. The fraction of sp³-hybridized carbons (Fsp3) is 1.00. The van der Waals surface area contributed by atoms with E-state index < -0.39 is 0 Å². The van der Waals surface area contributed by atoms with Gasteiger partial charge in [-0.05, 0) is 49.4 Å². The van der Waals surface area contributed by atoms with Crippen LogP contribution in [0.25, 0.3) is 0 Å². The smallest absolute Gasteiger partial charge is 0.0355 e. The maximum absolute atomic E-state index is 2.39. The number of unbranched alkanes of at least 4 members (excludes halogenated alkanes) is 3. The molecule has 1 saturated carbocycles. The number of hydrogen-bond donors (Lipinski definition) is 0. The van der Waals surface area contributed by atoms with Gasteiger partial charge in [0.1, 0.15) is 0 Å². The summed E-state index contributed by atoms with van der Waals surface area (Å²) in [6.07, 6.45) is 19.1. The minimum Gasteiger partial charge on any atom is -0.0654 e. The molecule has 0 aliphatic heterocycles. The van der Waals surface area contributed by atoms with Crippen molar-refractivity contribution in [2.24, 2.45) is 23.7 Å². The molecule has 1 rings (SSSR count). The summed E-state index contributed by atoms with van der Waals surface area (Å²) in [5, 5.41) is 0. The van der Waals surface area contributed by atoms with E-state index in [0.29, 0.717) is 0 Å². The number of rotatable bonds is 11. The van der Waals surface area contributed by atoms with Gasteiger partial charge < -0.3 is 0 Å². The molecule has 126 valence electrons. The van der Waals surface area contributed by atoms with Crippen molar-refractivity contribution in [3.8, 4) is 0 Å². The first-order valence-corrected chi connectivity index (χ1v) is 10.3. The molecule has 0 heteroatoms. The Hall–Kier alpha value is 0. The van der Waals surface area contributed by atoms with Gasteiger partial charge in [0.2, 0.25) is 0 Å². The fourth-order valence-electron chi connectivity index (χ4n) is 4.89. The molecule has 21 heavy (non-hydrogen) atoms. The van der Waals surface area contributed by atoms with Crippen LogP contribution in [0.5, 0.6) is 0 Å². The van der Waals surface area contributed by atoms with Crippen molar-refractivity contribution in [3.63, 3.8) is 0 Å². The van der Waals surface area contributed by atoms with Crippen molar-refractivity contribution in [2.45, 2.75) is 111 Å². The molecule has 0 aromatic heterocycles. The molecule has 0 amide bonds. The molecule has 0 N–H and O–H groups in total. The van der Waals surface area contributed by atoms with Crippen molar-refractivity contribution in [1.82, 2.24) is 0 Å². The van der Waals surface area contributed by atoms with Crippen LogP contribution in [0, 0.1) is 23.7 Å². The summed E-state index contributed by atoms with van der Waals surface area (Å²) >= 11 is 0. The van der Waals surface area contributed by atoms with Gasteiger partial charge >= 0.3 is 0 Å². The van der Waals surface area contributed by atoms with Gasteiger partial charge in [-0.3, -0.25) is 0 Å². The Morgan fingerprint density at radius 3 is 1.38 bits per heavy atom. The Bertz CT molecular complexity index is 232. The van der Waals surface area contributed by atoms with Crippen molar-refractivity contribution in [1.29, 1.82) is 0 Å². The third-order valence-electron chi connectivity index (χ3n) is 6.04. The normalized spacial score (nSPS) is 29.7. The molecule has 1 fully saturated rings. The zero-order chi connectivity index (χ0) is 15.5. The third kappa shape index (κ3) is 6.33. The van der Waals surface area contributed by atoms with Gasteiger partial charge in [-0.25, -0.2) is 0 Å². The molecule has 0 nitrogen and oxygen atoms in total. The Morgan fingerprint density at radius 1 is 0.524 bits per heavy atom. The highest BCUT2D eigenvalue weighted by molar-refractivity contribution is 4.87. The third-order valence-corrected chi connectivity index (χ3v) is 6.04. The predicted octanol–water partition coefficient (Wildman–Crippen LogP) is 7.62. The van der Waals surface area contributed by atoms with E-state index in [0.717, 1.165) is 23.7 Å². The predicted molar refractivity (Wildman–Crippen MR) is 96.7 cm³/mol. The lowest BCUT2D eigenvalue weighted by atomic mass is 9.61. The molecule has 2 unspecified atom stereocenters. The lowest BCUT2D eigenvalue weighted by molar-refractivity contribution is 0.0601. The Kier molecular flexibility index (Phi) is 10.5. The van der Waals surface area contributed by atoms with Gasteiger partial charge in [0.05, 0.1) is 0 Å². The molecule has 0 heterocycles. The van der Waals surface area contributed by atoms with E-state index in [9.17, 15) is 0 Å². The van der Waals surface area contributed by atoms with E-state index in [1.54, 1.807) is 12.8 Å². The molecule has 0 radical (unpaired) electrons. The van der Waals surface area contributed by atoms with E-state index in [-0.39, 0.29) is 0 Å². The zero-order valence-corrected chi connectivity index (χ0v) is 15.5. The largest absolute Gasteiger partial charge is 0.0654 e. The molecule has 1 aliphatic rings. The maximum Gasteiger partial charge on any atom is -0.0355 e. The second-order valence-corrected chi connectivity index (χ2v) is 7.64. The van der Waals surface area contributed by atoms with Crippen LogP contribution in [0.1, 0.15) is 111 Å². The average Bonchev–Trinajstić information content (AvgIpc) is 2.50. The van der Waals surface area contributed by atoms with Crippen LogP contribution in [-0.2, 0) is 0 Å². The van der Waals surface area contributed by atoms with Crippen molar-refractivity contribution >= 4 is 0 Å². The average molecular weight is 295 g/mol. The summed E-state index contributed by atoms with van der Waals surface area (Å²) in [5.74, 6) is 4.24. The summed E-state index contributed by atoms with van der Waals surface area (Å²) in [5.41, 5.74) is 0. The van der Waals surface area contributed by atoms with Crippen molar-refractivity contribution in [3.05, 3.63) is 0 Å². The van der Waals surface area contributed by atoms with Crippen LogP contribution in [0.2, 0.25) is 0 Å². The van der Waals surface area contributed by atoms with Gasteiger partial charge in [-0.15, -0.1) is 0 Å². The summed E-state index contributed by atoms with van der Waals surface area (Å²) in [6, 6.07) is 0. The van der Waals surface area contributed by atoms with Gasteiger partial charge in [-0.2, -0.15) is 0 Å². The fourth-order valence-corrected chi connectivity index (χ4v) is 4.89. The molecule has 0 bridgehead atoms. The topological polar surface area (TPSA) is 0 Å². The standard InChI is InChI=1S/C21H42/c1-5-9-13-19-17-16-18(12-8-4)20(14-10-6-2)21(19)15-11-7-3/h18-21H,5-17H2,1-4H3/t18?,19?,20-,21+/m1/s1. The molecule has 0 saturated heterocycles. The van der Waals surface area contributed by atoms with Crippen LogP contribution >= 0.6 is 0 Å². The molecular formula is C21H42. The van der Waals surface area contributed by atoms with Gasteiger partial charge in [0.25, 0.3) is 0 Å². The first kappa shape index (κ1) is 19.0. The first-order valence-electron chi connectivity index (χ1n) is 10.3. The minimum atomic E-state index is 1.06. The highest BCUT2D eigenvalue weighted by Gasteiger charge is 2.37. The Morgan fingerprint density at radius 2 is 0.952 bits per heavy atom. The quantitative estimate of drug-likeness (QED) is 0.367. The first-order chi connectivity index (χ1) is 10.3. The Balaban J connectivity index is 2.73. The van der Waals surface area contributed by atoms with Crippen molar-refractivity contribution in [2.75, 3.05) is 0 Å². The molecule has 0 aromatic rings. The lowest BCUT2D eigenvalue weighted by Gasteiger charge is -2.44. The van der Waals surface area contributed by atoms with Gasteiger partial charge in [-0.1, -0.05) is 85.5 Å². The molecular weight excluding hydrogens is 252 g/mol. The minimum absolute atomic E-state index is 1.06. The number of hydrogen-bond acceptors (Lipinski definition) is 0. The second kappa shape index (κ2) is 11.6. The Labute approximate surface area is 135 Å². The monoisotopic (exact) mass is 294 g/mol. The van der Waals surface area contributed by atoms with Crippen LogP contribution in [0.4, 0.5) is 0 Å². The highest BCUT2D eigenvalue weighted by atomic mass is 14.4. The summed E-state index contributed by atoms with van der Waals surface area (Å²) in [7, 11) is 0. The molecule has 0 spiro atoms. The van der Waals surface area contributed by atoms with Crippen molar-refractivity contribution < 1.29 is 0 Å². The molecule has 4 atom stereocenters. The van der Waals surface area contributed by atoms with Crippen LogP contribution < -0.4 is 0 Å². The SMILES string of the molecule is CCCCC1CCC(CCC)[C@@H](CCCC)[C@H]1CCCC. The van der Waals surface area contributed by atoms with E-state index in [1.807, 2.05) is 0 Å². The van der Waals surface area contributed by atoms with Crippen LogP contribution in [-0.4, -0.2) is 0 Å². The summed E-state index contributed by atoms with van der Waals surface area (Å²) < 4.78 is 0. The molecule has 1 aliphatic carbocycles.